The summed E-state index contributed by atoms with van der Waals surface area (Å²) in [4.78, 5) is 38.5. The molecule has 3 rings (SSSR count). The van der Waals surface area contributed by atoms with E-state index < -0.39 is 16.7 Å². The number of ether oxygens (including phenoxy) is 1. The van der Waals surface area contributed by atoms with Crippen LogP contribution >= 0.6 is 11.6 Å². The van der Waals surface area contributed by atoms with Crippen molar-refractivity contribution in [3.8, 4) is 11.5 Å². The van der Waals surface area contributed by atoms with Crippen LogP contribution in [0.3, 0.4) is 0 Å². The van der Waals surface area contributed by atoms with E-state index in [-0.39, 0.29) is 23.0 Å². The van der Waals surface area contributed by atoms with Gasteiger partial charge in [-0.25, -0.2) is 0 Å². The summed E-state index contributed by atoms with van der Waals surface area (Å²) in [7, 11) is 0. The first-order valence-electron chi connectivity index (χ1n) is 8.62. The molecular formula is C20H15ClN4O5. The average Bonchev–Trinajstić information content (AvgIpc) is 2.74. The van der Waals surface area contributed by atoms with Gasteiger partial charge in [0, 0.05) is 22.8 Å². The smallest absolute Gasteiger partial charge is 0.313 e. The quantitative estimate of drug-likeness (QED) is 0.437. The summed E-state index contributed by atoms with van der Waals surface area (Å²) in [6.07, 6.45) is 3.07. The summed E-state index contributed by atoms with van der Waals surface area (Å²) in [6.45, 7) is -0.219. The molecule has 10 heteroatoms. The molecule has 3 aromatic rings. The zero-order valence-electron chi connectivity index (χ0n) is 15.4. The predicted octanol–water partition coefficient (Wildman–Crippen LogP) is 3.80. The van der Waals surface area contributed by atoms with Crippen molar-refractivity contribution in [1.82, 2.24) is 10.3 Å². The van der Waals surface area contributed by atoms with Gasteiger partial charge in [-0.1, -0.05) is 11.6 Å². The van der Waals surface area contributed by atoms with Gasteiger partial charge in [-0.15, -0.1) is 0 Å². The van der Waals surface area contributed by atoms with Crippen molar-refractivity contribution >= 4 is 34.8 Å². The number of nitrogens with zero attached hydrogens (tertiary/aromatic N) is 2. The second-order valence-electron chi connectivity index (χ2n) is 5.97. The highest BCUT2D eigenvalue weighted by Crippen LogP contribution is 2.33. The Kier molecular flexibility index (Phi) is 6.56. The van der Waals surface area contributed by atoms with Crippen molar-refractivity contribution in [1.29, 1.82) is 0 Å². The van der Waals surface area contributed by atoms with Crippen molar-refractivity contribution in [2.24, 2.45) is 0 Å². The lowest BCUT2D eigenvalue weighted by Gasteiger charge is -2.09. The van der Waals surface area contributed by atoms with Gasteiger partial charge in [0.05, 0.1) is 23.4 Å². The van der Waals surface area contributed by atoms with Crippen LogP contribution in [0, 0.1) is 10.1 Å². The highest BCUT2D eigenvalue weighted by Gasteiger charge is 2.17. The number of benzene rings is 2. The van der Waals surface area contributed by atoms with E-state index in [2.05, 4.69) is 15.6 Å². The van der Waals surface area contributed by atoms with E-state index in [0.717, 1.165) is 0 Å². The van der Waals surface area contributed by atoms with Gasteiger partial charge in [-0.3, -0.25) is 24.7 Å². The standard InChI is InChI=1S/C20H15ClN4O5/c21-14-5-8-18(17(10-14)25(28)29)30-16-6-3-13(4-7-16)20(27)23-12-19(26)24-15-2-1-9-22-11-15/h1-11H,12H2,(H,23,27)(H,24,26). The summed E-state index contributed by atoms with van der Waals surface area (Å²) in [6, 6.07) is 13.3. The third-order valence-corrected chi connectivity index (χ3v) is 4.05. The van der Waals surface area contributed by atoms with Crippen LogP contribution in [-0.4, -0.2) is 28.3 Å². The Morgan fingerprint density at radius 2 is 1.90 bits per heavy atom. The van der Waals surface area contributed by atoms with Gasteiger partial charge in [0.25, 0.3) is 5.91 Å². The van der Waals surface area contributed by atoms with Gasteiger partial charge < -0.3 is 15.4 Å². The van der Waals surface area contributed by atoms with Crippen molar-refractivity contribution in [3.63, 3.8) is 0 Å². The molecule has 2 aromatic carbocycles. The van der Waals surface area contributed by atoms with Crippen LogP contribution in [0.2, 0.25) is 5.02 Å². The molecule has 0 saturated heterocycles. The number of aromatic nitrogens is 1. The van der Waals surface area contributed by atoms with Crippen LogP contribution in [0.4, 0.5) is 11.4 Å². The minimum Gasteiger partial charge on any atom is -0.450 e. The van der Waals surface area contributed by atoms with Gasteiger partial charge in [-0.2, -0.15) is 0 Å². The molecule has 0 aliphatic carbocycles. The minimum atomic E-state index is -0.598. The molecule has 0 atom stereocenters. The molecule has 9 nitrogen and oxygen atoms in total. The molecule has 0 unspecified atom stereocenters. The molecule has 0 aliphatic rings. The third kappa shape index (κ3) is 5.52. The fourth-order valence-corrected chi connectivity index (χ4v) is 2.59. The maximum atomic E-state index is 12.2. The van der Waals surface area contributed by atoms with Gasteiger partial charge in [0.1, 0.15) is 5.75 Å². The molecular weight excluding hydrogens is 412 g/mol. The summed E-state index contributed by atoms with van der Waals surface area (Å²) in [5, 5.41) is 16.4. The summed E-state index contributed by atoms with van der Waals surface area (Å²) < 4.78 is 5.52. The number of hydrogen-bond donors (Lipinski definition) is 2. The molecule has 1 aromatic heterocycles. The Morgan fingerprint density at radius 3 is 2.57 bits per heavy atom. The Morgan fingerprint density at radius 1 is 1.13 bits per heavy atom. The number of nitrogens with one attached hydrogen (secondary N) is 2. The van der Waals surface area contributed by atoms with Crippen LogP contribution in [0.1, 0.15) is 10.4 Å². The average molecular weight is 427 g/mol. The first-order valence-corrected chi connectivity index (χ1v) is 9.00. The first-order chi connectivity index (χ1) is 14.4. The van der Waals surface area contributed by atoms with E-state index in [4.69, 9.17) is 16.3 Å². The molecule has 0 radical (unpaired) electrons. The monoisotopic (exact) mass is 426 g/mol. The van der Waals surface area contributed by atoms with Crippen LogP contribution < -0.4 is 15.4 Å². The fourth-order valence-electron chi connectivity index (χ4n) is 2.43. The number of nitro groups is 1. The number of amides is 2. The summed E-state index contributed by atoms with van der Waals surface area (Å²) in [5.74, 6) is -0.535. The van der Waals surface area contributed by atoms with Gasteiger partial charge in [0.2, 0.25) is 11.7 Å². The van der Waals surface area contributed by atoms with Crippen molar-refractivity contribution in [2.45, 2.75) is 0 Å². The molecule has 0 aliphatic heterocycles. The van der Waals surface area contributed by atoms with Crippen LogP contribution in [0.5, 0.6) is 11.5 Å². The van der Waals surface area contributed by atoms with E-state index in [1.807, 2.05) is 0 Å². The van der Waals surface area contributed by atoms with E-state index in [1.54, 1.807) is 18.3 Å². The number of nitro benzene ring substituents is 1. The van der Waals surface area contributed by atoms with E-state index in [9.17, 15) is 19.7 Å². The summed E-state index contributed by atoms with van der Waals surface area (Å²) in [5.41, 5.74) is 0.542. The number of hydrogen-bond acceptors (Lipinski definition) is 6. The molecule has 152 valence electrons. The summed E-state index contributed by atoms with van der Waals surface area (Å²) >= 11 is 5.78. The van der Waals surface area contributed by atoms with Crippen molar-refractivity contribution in [3.05, 3.63) is 87.7 Å². The topological polar surface area (TPSA) is 123 Å². The molecule has 0 bridgehead atoms. The number of halogens is 1. The maximum absolute atomic E-state index is 12.2. The molecule has 2 N–H and O–H groups in total. The molecule has 0 saturated carbocycles. The van der Waals surface area contributed by atoms with Gasteiger partial charge in [-0.05, 0) is 48.5 Å². The van der Waals surface area contributed by atoms with Gasteiger partial charge >= 0.3 is 5.69 Å². The normalized spacial score (nSPS) is 10.2. The second-order valence-corrected chi connectivity index (χ2v) is 6.40. The van der Waals surface area contributed by atoms with E-state index in [0.29, 0.717) is 17.0 Å². The lowest BCUT2D eigenvalue weighted by atomic mass is 10.2. The minimum absolute atomic E-state index is 0.0219. The lowest BCUT2D eigenvalue weighted by Crippen LogP contribution is -2.32. The number of rotatable bonds is 7. The third-order valence-electron chi connectivity index (χ3n) is 3.82. The molecule has 0 spiro atoms. The molecule has 0 fully saturated rings. The lowest BCUT2D eigenvalue weighted by molar-refractivity contribution is -0.385. The molecule has 30 heavy (non-hydrogen) atoms. The number of anilines is 1. The molecule has 1 heterocycles. The van der Waals surface area contributed by atoms with E-state index >= 15 is 0 Å². The Bertz CT molecular complexity index is 1070. The Balaban J connectivity index is 1.58. The number of carbonyl (C=O) groups is 2. The Hall–Kier alpha value is -3.98. The number of carbonyl (C=O) groups excluding carboxylic acids is 2. The van der Waals surface area contributed by atoms with E-state index in [1.165, 1.54) is 48.7 Å². The Labute approximate surface area is 175 Å². The van der Waals surface area contributed by atoms with Crippen molar-refractivity contribution < 1.29 is 19.2 Å². The zero-order chi connectivity index (χ0) is 21.5. The predicted molar refractivity (Wildman–Crippen MR) is 110 cm³/mol. The van der Waals surface area contributed by atoms with Crippen molar-refractivity contribution in [2.75, 3.05) is 11.9 Å². The van der Waals surface area contributed by atoms with Crippen LogP contribution in [0.15, 0.2) is 67.0 Å². The highest BCUT2D eigenvalue weighted by atomic mass is 35.5. The first kappa shape index (κ1) is 20.7. The van der Waals surface area contributed by atoms with Crippen LogP contribution in [0.25, 0.3) is 0 Å². The zero-order valence-corrected chi connectivity index (χ0v) is 16.1. The van der Waals surface area contributed by atoms with Crippen LogP contribution in [-0.2, 0) is 4.79 Å². The fraction of sp³-hybridized carbons (Fsp3) is 0.0500. The highest BCUT2D eigenvalue weighted by molar-refractivity contribution is 6.30. The second kappa shape index (κ2) is 9.48. The van der Waals surface area contributed by atoms with Gasteiger partial charge in [0.15, 0.2) is 0 Å². The SMILES string of the molecule is O=C(CNC(=O)c1ccc(Oc2ccc(Cl)cc2[N+](=O)[O-])cc1)Nc1cccnc1. The number of pyridine rings is 1. The molecule has 2 amide bonds. The largest absolute Gasteiger partial charge is 0.450 e. The maximum Gasteiger partial charge on any atom is 0.313 e.